The summed E-state index contributed by atoms with van der Waals surface area (Å²) in [6, 6.07) is 0. The second-order valence-corrected chi connectivity index (χ2v) is 6.14. The van der Waals surface area contributed by atoms with Gasteiger partial charge in [-0.2, -0.15) is 0 Å². The topological polar surface area (TPSA) is 71.1 Å². The van der Waals surface area contributed by atoms with Crippen molar-refractivity contribution in [1.29, 1.82) is 0 Å². The Morgan fingerprint density at radius 1 is 0.783 bits per heavy atom. The van der Waals surface area contributed by atoms with Gasteiger partial charge >= 0.3 is 11.9 Å². The number of esters is 2. The van der Waals surface area contributed by atoms with Crippen LogP contribution >= 0.6 is 0 Å². The van der Waals surface area contributed by atoms with E-state index in [0.717, 1.165) is 0 Å². The molecule has 136 valence electrons. The van der Waals surface area contributed by atoms with Crippen LogP contribution in [-0.4, -0.2) is 44.7 Å². The average Bonchev–Trinajstić information content (AvgIpc) is 2.44. The lowest BCUT2D eigenvalue weighted by Gasteiger charge is -2.41. The molecule has 0 fully saturated rings. The van der Waals surface area contributed by atoms with Crippen molar-refractivity contribution in [2.24, 2.45) is 10.8 Å². The van der Waals surface area contributed by atoms with Gasteiger partial charge in [0, 0.05) is 19.6 Å². The highest BCUT2D eigenvalue weighted by atomic mass is 16.7. The Morgan fingerprint density at radius 2 is 1.17 bits per heavy atom. The summed E-state index contributed by atoms with van der Waals surface area (Å²) in [5.41, 5.74) is -2.22. The average molecular weight is 332 g/mol. The minimum absolute atomic E-state index is 0.0514. The van der Waals surface area contributed by atoms with E-state index in [-0.39, 0.29) is 19.6 Å². The van der Waals surface area contributed by atoms with Crippen molar-refractivity contribution in [2.75, 3.05) is 26.4 Å². The SMILES string of the molecule is CCOC(=O)C(CC(OCC)OCC)(C(=O)OCC)C(C)(C)C. The van der Waals surface area contributed by atoms with Crippen molar-refractivity contribution in [3.8, 4) is 0 Å². The molecular weight excluding hydrogens is 300 g/mol. The Balaban J connectivity index is 5.88. The van der Waals surface area contributed by atoms with Gasteiger partial charge in [0.05, 0.1) is 13.2 Å². The summed E-state index contributed by atoms with van der Waals surface area (Å²) in [5, 5.41) is 0. The van der Waals surface area contributed by atoms with Crippen LogP contribution in [0.15, 0.2) is 0 Å². The zero-order valence-electron chi connectivity index (χ0n) is 15.6. The molecule has 0 N–H and O–H groups in total. The maximum atomic E-state index is 12.7. The Labute approximate surface area is 139 Å². The first kappa shape index (κ1) is 21.9. The molecule has 0 aromatic heterocycles. The van der Waals surface area contributed by atoms with E-state index in [9.17, 15) is 9.59 Å². The Bertz CT molecular complexity index is 348. The molecule has 6 nitrogen and oxygen atoms in total. The molecule has 0 aromatic carbocycles. The van der Waals surface area contributed by atoms with Gasteiger partial charge in [-0.1, -0.05) is 20.8 Å². The van der Waals surface area contributed by atoms with E-state index in [1.54, 1.807) is 13.8 Å². The fourth-order valence-corrected chi connectivity index (χ4v) is 2.46. The number of carbonyl (C=O) groups is 2. The third kappa shape index (κ3) is 5.46. The molecule has 0 aliphatic rings. The molecule has 0 spiro atoms. The summed E-state index contributed by atoms with van der Waals surface area (Å²) >= 11 is 0. The number of rotatable bonds is 10. The van der Waals surface area contributed by atoms with E-state index in [2.05, 4.69) is 0 Å². The highest BCUT2D eigenvalue weighted by Crippen LogP contribution is 2.45. The molecule has 0 amide bonds. The van der Waals surface area contributed by atoms with Gasteiger partial charge in [-0.25, -0.2) is 0 Å². The van der Waals surface area contributed by atoms with Gasteiger partial charge in [0.2, 0.25) is 0 Å². The third-order valence-corrected chi connectivity index (χ3v) is 3.71. The first-order valence-electron chi connectivity index (χ1n) is 8.28. The van der Waals surface area contributed by atoms with Crippen LogP contribution in [0.25, 0.3) is 0 Å². The zero-order valence-corrected chi connectivity index (χ0v) is 15.6. The molecule has 0 heterocycles. The standard InChI is InChI=1S/C17H32O6/c1-8-20-13(21-9-2)12-17(16(5,6)7,14(18)22-10-3)15(19)23-11-4/h13H,8-12H2,1-7H3. The van der Waals surface area contributed by atoms with Crippen LogP contribution in [0.5, 0.6) is 0 Å². The monoisotopic (exact) mass is 332 g/mol. The van der Waals surface area contributed by atoms with Gasteiger partial charge < -0.3 is 18.9 Å². The van der Waals surface area contributed by atoms with Crippen LogP contribution < -0.4 is 0 Å². The number of hydrogen-bond donors (Lipinski definition) is 0. The molecule has 0 unspecified atom stereocenters. The van der Waals surface area contributed by atoms with Gasteiger partial charge in [0.1, 0.15) is 0 Å². The van der Waals surface area contributed by atoms with Crippen LogP contribution in [0, 0.1) is 10.8 Å². The number of ether oxygens (including phenoxy) is 4. The van der Waals surface area contributed by atoms with Gasteiger partial charge in [0.15, 0.2) is 11.7 Å². The van der Waals surface area contributed by atoms with Crippen LogP contribution in [0.1, 0.15) is 54.9 Å². The van der Waals surface area contributed by atoms with E-state index in [1.807, 2.05) is 34.6 Å². The maximum absolute atomic E-state index is 12.7. The van der Waals surface area contributed by atoms with E-state index < -0.39 is 29.1 Å². The fourth-order valence-electron chi connectivity index (χ4n) is 2.46. The molecule has 0 saturated heterocycles. The third-order valence-electron chi connectivity index (χ3n) is 3.71. The molecule has 0 bridgehead atoms. The highest BCUT2D eigenvalue weighted by Gasteiger charge is 2.58. The van der Waals surface area contributed by atoms with Crippen molar-refractivity contribution in [2.45, 2.75) is 61.2 Å². The predicted molar refractivity (Wildman–Crippen MR) is 86.8 cm³/mol. The normalized spacial score (nSPS) is 12.3. The summed E-state index contributed by atoms with van der Waals surface area (Å²) < 4.78 is 21.5. The van der Waals surface area contributed by atoms with Gasteiger partial charge in [-0.3, -0.25) is 9.59 Å². The quantitative estimate of drug-likeness (QED) is 0.348. The first-order chi connectivity index (χ1) is 10.7. The van der Waals surface area contributed by atoms with Gasteiger partial charge in [0.25, 0.3) is 0 Å². The molecule has 0 rings (SSSR count). The van der Waals surface area contributed by atoms with Gasteiger partial charge in [-0.05, 0) is 33.1 Å². The predicted octanol–water partition coefficient (Wildman–Crippen LogP) is 2.93. The van der Waals surface area contributed by atoms with E-state index >= 15 is 0 Å². The lowest BCUT2D eigenvalue weighted by molar-refractivity contribution is -0.202. The summed E-state index contributed by atoms with van der Waals surface area (Å²) in [7, 11) is 0. The summed E-state index contributed by atoms with van der Waals surface area (Å²) in [5.74, 6) is -1.20. The zero-order chi connectivity index (χ0) is 18.1. The lowest BCUT2D eigenvalue weighted by atomic mass is 9.64. The second-order valence-electron chi connectivity index (χ2n) is 6.14. The second kappa shape index (κ2) is 9.88. The van der Waals surface area contributed by atoms with Crippen molar-refractivity contribution < 1.29 is 28.5 Å². The van der Waals surface area contributed by atoms with Crippen LogP contribution in [0.4, 0.5) is 0 Å². The van der Waals surface area contributed by atoms with Crippen molar-refractivity contribution >= 4 is 11.9 Å². The molecular formula is C17H32O6. The molecule has 6 heteroatoms. The Morgan fingerprint density at radius 3 is 1.43 bits per heavy atom. The van der Waals surface area contributed by atoms with E-state index in [4.69, 9.17) is 18.9 Å². The van der Waals surface area contributed by atoms with Crippen LogP contribution in [0.2, 0.25) is 0 Å². The van der Waals surface area contributed by atoms with E-state index in [0.29, 0.717) is 13.2 Å². The minimum atomic E-state index is -1.49. The number of carbonyl (C=O) groups excluding carboxylic acids is 2. The summed E-state index contributed by atoms with van der Waals surface area (Å²) in [6.07, 6.45) is -0.631. The van der Waals surface area contributed by atoms with Crippen LogP contribution in [-0.2, 0) is 28.5 Å². The van der Waals surface area contributed by atoms with Gasteiger partial charge in [-0.15, -0.1) is 0 Å². The molecule has 0 radical (unpaired) electrons. The number of hydrogen-bond acceptors (Lipinski definition) is 6. The van der Waals surface area contributed by atoms with Crippen molar-refractivity contribution in [1.82, 2.24) is 0 Å². The fraction of sp³-hybridized carbons (Fsp3) is 0.882. The van der Waals surface area contributed by atoms with Crippen molar-refractivity contribution in [3.63, 3.8) is 0 Å². The Hall–Kier alpha value is -1.14. The van der Waals surface area contributed by atoms with E-state index in [1.165, 1.54) is 0 Å². The largest absolute Gasteiger partial charge is 0.465 e. The maximum Gasteiger partial charge on any atom is 0.324 e. The minimum Gasteiger partial charge on any atom is -0.465 e. The smallest absolute Gasteiger partial charge is 0.324 e. The molecule has 23 heavy (non-hydrogen) atoms. The van der Waals surface area contributed by atoms with Crippen molar-refractivity contribution in [3.05, 3.63) is 0 Å². The molecule has 0 aliphatic heterocycles. The highest BCUT2D eigenvalue weighted by molar-refractivity contribution is 6.01. The molecule has 0 aromatic rings. The molecule has 0 atom stereocenters. The molecule has 0 saturated carbocycles. The molecule has 0 aliphatic carbocycles. The lowest BCUT2D eigenvalue weighted by Crippen LogP contribution is -2.53. The summed E-state index contributed by atoms with van der Waals surface area (Å²) in [4.78, 5) is 25.5. The summed E-state index contributed by atoms with van der Waals surface area (Å²) in [6.45, 7) is 13.7. The first-order valence-corrected chi connectivity index (χ1v) is 8.28. The Kier molecular flexibility index (Phi) is 9.39. The van der Waals surface area contributed by atoms with Crippen LogP contribution in [0.3, 0.4) is 0 Å².